The molecule has 0 saturated carbocycles. The van der Waals surface area contributed by atoms with E-state index in [4.69, 9.17) is 15.6 Å². The van der Waals surface area contributed by atoms with Gasteiger partial charge < -0.3 is 26.2 Å². The minimum atomic E-state index is -1.09. The number of para-hydroxylation sites is 2. The van der Waals surface area contributed by atoms with Crippen molar-refractivity contribution in [3.8, 4) is 0 Å². The number of carbonyl (C=O) groups is 2. The lowest BCUT2D eigenvalue weighted by molar-refractivity contribution is -0.139. The monoisotopic (exact) mass is 281 g/mol. The Balaban J connectivity index is 2.54. The minimum absolute atomic E-state index is 0.293. The zero-order valence-electron chi connectivity index (χ0n) is 11.3. The second kappa shape index (κ2) is 8.00. The summed E-state index contributed by atoms with van der Waals surface area (Å²) >= 11 is 0. The van der Waals surface area contributed by atoms with Crippen LogP contribution in [0.5, 0.6) is 0 Å². The molecule has 7 heteroatoms. The molecule has 1 aromatic carbocycles. The zero-order valence-corrected chi connectivity index (χ0v) is 11.3. The number of aliphatic carboxylic acids is 1. The first-order valence-electron chi connectivity index (χ1n) is 6.18. The number of amides is 2. The number of hydrogen-bond donors (Lipinski definition) is 4. The first kappa shape index (κ1) is 15.8. The lowest BCUT2D eigenvalue weighted by Crippen LogP contribution is -2.43. The number of nitrogen functional groups attached to an aromatic ring is 1. The zero-order chi connectivity index (χ0) is 15.0. The largest absolute Gasteiger partial charge is 0.480 e. The smallest absolute Gasteiger partial charge is 0.326 e. The van der Waals surface area contributed by atoms with Gasteiger partial charge in [-0.15, -0.1) is 0 Å². The van der Waals surface area contributed by atoms with Crippen molar-refractivity contribution in [2.24, 2.45) is 0 Å². The van der Waals surface area contributed by atoms with Gasteiger partial charge in [0.1, 0.15) is 6.04 Å². The summed E-state index contributed by atoms with van der Waals surface area (Å²) in [4.78, 5) is 22.8. The number of carboxylic acids is 1. The predicted molar refractivity (Wildman–Crippen MR) is 75.5 cm³/mol. The van der Waals surface area contributed by atoms with Gasteiger partial charge in [0.05, 0.1) is 11.4 Å². The highest BCUT2D eigenvalue weighted by Crippen LogP contribution is 2.16. The molecule has 20 heavy (non-hydrogen) atoms. The van der Waals surface area contributed by atoms with E-state index in [1.807, 2.05) is 0 Å². The SMILES string of the molecule is COCCCC(NC(=O)Nc1ccccc1N)C(=O)O. The van der Waals surface area contributed by atoms with E-state index in [0.717, 1.165) is 0 Å². The summed E-state index contributed by atoms with van der Waals surface area (Å²) in [7, 11) is 1.54. The van der Waals surface area contributed by atoms with Gasteiger partial charge in [0.2, 0.25) is 0 Å². The molecule has 2 amide bonds. The Kier molecular flexibility index (Phi) is 6.31. The second-order valence-corrected chi connectivity index (χ2v) is 4.21. The van der Waals surface area contributed by atoms with Gasteiger partial charge in [-0.3, -0.25) is 0 Å². The minimum Gasteiger partial charge on any atom is -0.480 e. The van der Waals surface area contributed by atoms with Crippen LogP contribution in [-0.2, 0) is 9.53 Å². The molecule has 1 unspecified atom stereocenters. The van der Waals surface area contributed by atoms with Crippen molar-refractivity contribution in [1.82, 2.24) is 5.32 Å². The maximum absolute atomic E-state index is 11.7. The Hall–Kier alpha value is -2.28. The van der Waals surface area contributed by atoms with E-state index >= 15 is 0 Å². The Bertz CT molecular complexity index is 465. The third-order valence-electron chi connectivity index (χ3n) is 2.65. The molecule has 110 valence electrons. The van der Waals surface area contributed by atoms with E-state index in [1.54, 1.807) is 24.3 Å². The van der Waals surface area contributed by atoms with Gasteiger partial charge >= 0.3 is 12.0 Å². The molecule has 1 atom stereocenters. The molecule has 0 heterocycles. The van der Waals surface area contributed by atoms with E-state index in [0.29, 0.717) is 30.8 Å². The second-order valence-electron chi connectivity index (χ2n) is 4.21. The van der Waals surface area contributed by atoms with Gasteiger partial charge in [0.15, 0.2) is 0 Å². The third-order valence-corrected chi connectivity index (χ3v) is 2.65. The molecule has 0 bridgehead atoms. The molecule has 0 aliphatic rings. The van der Waals surface area contributed by atoms with Crippen LogP contribution < -0.4 is 16.4 Å². The number of ether oxygens (including phenoxy) is 1. The molecule has 5 N–H and O–H groups in total. The molecular weight excluding hydrogens is 262 g/mol. The summed E-state index contributed by atoms with van der Waals surface area (Å²) < 4.78 is 4.85. The summed E-state index contributed by atoms with van der Waals surface area (Å²) in [6, 6.07) is 5.17. The van der Waals surface area contributed by atoms with Crippen molar-refractivity contribution in [3.05, 3.63) is 24.3 Å². The molecular formula is C13H19N3O4. The summed E-state index contributed by atoms with van der Waals surface area (Å²) in [5.74, 6) is -1.09. The highest BCUT2D eigenvalue weighted by atomic mass is 16.5. The number of carboxylic acid groups (broad SMARTS) is 1. The fraction of sp³-hybridized carbons (Fsp3) is 0.385. The molecule has 0 saturated heterocycles. The summed E-state index contributed by atoms with van der Waals surface area (Å²) in [5.41, 5.74) is 6.53. The maximum Gasteiger partial charge on any atom is 0.326 e. The van der Waals surface area contributed by atoms with E-state index in [9.17, 15) is 9.59 Å². The highest BCUT2D eigenvalue weighted by Gasteiger charge is 2.19. The lowest BCUT2D eigenvalue weighted by Gasteiger charge is -2.15. The number of benzene rings is 1. The van der Waals surface area contributed by atoms with Gasteiger partial charge in [-0.1, -0.05) is 12.1 Å². The molecule has 1 rings (SSSR count). The first-order valence-corrected chi connectivity index (χ1v) is 6.18. The van der Waals surface area contributed by atoms with Crippen LogP contribution >= 0.6 is 0 Å². The summed E-state index contributed by atoms with van der Waals surface area (Å²) in [6.45, 7) is 0.443. The molecule has 0 fully saturated rings. The number of methoxy groups -OCH3 is 1. The van der Waals surface area contributed by atoms with Crippen LogP contribution in [0, 0.1) is 0 Å². The van der Waals surface area contributed by atoms with E-state index in [-0.39, 0.29) is 0 Å². The van der Waals surface area contributed by atoms with Crippen molar-refractivity contribution in [2.45, 2.75) is 18.9 Å². The number of anilines is 2. The molecule has 0 aliphatic heterocycles. The molecule has 0 radical (unpaired) electrons. The van der Waals surface area contributed by atoms with Gasteiger partial charge in [0.25, 0.3) is 0 Å². The van der Waals surface area contributed by atoms with Crippen LogP contribution in [0.15, 0.2) is 24.3 Å². The number of rotatable bonds is 7. The van der Waals surface area contributed by atoms with Crippen LogP contribution in [0.1, 0.15) is 12.8 Å². The molecule has 0 aliphatic carbocycles. The van der Waals surface area contributed by atoms with Crippen molar-refractivity contribution in [2.75, 3.05) is 24.8 Å². The van der Waals surface area contributed by atoms with Gasteiger partial charge in [-0.25, -0.2) is 9.59 Å². The van der Waals surface area contributed by atoms with Crippen molar-refractivity contribution in [3.63, 3.8) is 0 Å². The van der Waals surface area contributed by atoms with E-state index in [2.05, 4.69) is 10.6 Å². The van der Waals surface area contributed by atoms with Crippen LogP contribution in [0.25, 0.3) is 0 Å². The van der Waals surface area contributed by atoms with E-state index in [1.165, 1.54) is 7.11 Å². The average molecular weight is 281 g/mol. The van der Waals surface area contributed by atoms with Gasteiger partial charge in [-0.2, -0.15) is 0 Å². The van der Waals surface area contributed by atoms with Crippen LogP contribution in [0.3, 0.4) is 0 Å². The Morgan fingerprint density at radius 3 is 2.70 bits per heavy atom. The van der Waals surface area contributed by atoms with E-state index < -0.39 is 18.0 Å². The normalized spacial score (nSPS) is 11.7. The van der Waals surface area contributed by atoms with Crippen LogP contribution in [-0.4, -0.2) is 36.9 Å². The number of hydrogen-bond acceptors (Lipinski definition) is 4. The van der Waals surface area contributed by atoms with Gasteiger partial charge in [-0.05, 0) is 25.0 Å². The lowest BCUT2D eigenvalue weighted by atomic mass is 10.1. The number of carbonyl (C=O) groups excluding carboxylic acids is 1. The molecule has 0 spiro atoms. The summed E-state index contributed by atoms with van der Waals surface area (Å²) in [6.07, 6.45) is 0.835. The van der Waals surface area contributed by atoms with Crippen LogP contribution in [0.4, 0.5) is 16.2 Å². The van der Waals surface area contributed by atoms with Crippen molar-refractivity contribution in [1.29, 1.82) is 0 Å². The Labute approximate surface area is 117 Å². The predicted octanol–water partition coefficient (Wildman–Crippen LogP) is 1.27. The fourth-order valence-corrected chi connectivity index (χ4v) is 1.62. The fourth-order valence-electron chi connectivity index (χ4n) is 1.62. The van der Waals surface area contributed by atoms with Gasteiger partial charge in [0, 0.05) is 13.7 Å². The molecule has 7 nitrogen and oxygen atoms in total. The quantitative estimate of drug-likeness (QED) is 0.444. The average Bonchev–Trinajstić information content (AvgIpc) is 2.40. The maximum atomic E-state index is 11.7. The van der Waals surface area contributed by atoms with Crippen molar-refractivity contribution < 1.29 is 19.4 Å². The number of nitrogens with one attached hydrogen (secondary N) is 2. The highest BCUT2D eigenvalue weighted by molar-refractivity contribution is 5.94. The number of nitrogens with two attached hydrogens (primary N) is 1. The third kappa shape index (κ3) is 5.15. The standard InChI is InChI=1S/C13H19N3O4/c1-20-8-4-7-11(12(17)18)16-13(19)15-10-6-3-2-5-9(10)14/h2-3,5-6,11H,4,7-8,14H2,1H3,(H,17,18)(H2,15,16,19). The number of urea groups is 1. The van der Waals surface area contributed by atoms with Crippen molar-refractivity contribution >= 4 is 23.4 Å². The molecule has 0 aromatic heterocycles. The Morgan fingerprint density at radius 2 is 2.10 bits per heavy atom. The summed E-state index contributed by atoms with van der Waals surface area (Å²) in [5, 5.41) is 13.9. The Morgan fingerprint density at radius 1 is 1.40 bits per heavy atom. The topological polar surface area (TPSA) is 114 Å². The van der Waals surface area contributed by atoms with Crippen LogP contribution in [0.2, 0.25) is 0 Å². The first-order chi connectivity index (χ1) is 9.54. The molecule has 1 aromatic rings.